The highest BCUT2D eigenvalue weighted by Gasteiger charge is 2.20. The Morgan fingerprint density at radius 2 is 1.95 bits per heavy atom. The zero-order chi connectivity index (χ0) is 14.2. The molecule has 0 amide bonds. The van der Waals surface area contributed by atoms with Crippen LogP contribution in [0.3, 0.4) is 0 Å². The van der Waals surface area contributed by atoms with E-state index in [0.29, 0.717) is 11.5 Å². The van der Waals surface area contributed by atoms with E-state index in [1.54, 1.807) is 37.0 Å². The van der Waals surface area contributed by atoms with Gasteiger partial charge in [0.05, 0.1) is 11.3 Å². The minimum atomic E-state index is -0.970. The zero-order valence-electron chi connectivity index (χ0n) is 11.2. The highest BCUT2D eigenvalue weighted by Crippen LogP contribution is 2.24. The molecule has 104 valence electrons. The summed E-state index contributed by atoms with van der Waals surface area (Å²) in [6.45, 7) is 3.38. The number of aromatic nitrogens is 3. The molecule has 0 unspecified atom stereocenters. The van der Waals surface area contributed by atoms with Crippen molar-refractivity contribution < 1.29 is 14.6 Å². The first-order valence-corrected chi connectivity index (χ1v) is 6.25. The maximum absolute atomic E-state index is 9.90. The van der Waals surface area contributed by atoms with Gasteiger partial charge < -0.3 is 14.6 Å². The van der Waals surface area contributed by atoms with Crippen LogP contribution < -0.4 is 0 Å². The van der Waals surface area contributed by atoms with Crippen LogP contribution in [0.4, 0.5) is 0 Å². The third-order valence-corrected chi connectivity index (χ3v) is 2.95. The average Bonchev–Trinajstić information content (AvgIpc) is 3.10. The highest BCUT2D eigenvalue weighted by atomic mass is 16.7. The van der Waals surface area contributed by atoms with E-state index in [9.17, 15) is 5.11 Å². The van der Waals surface area contributed by atoms with Crippen LogP contribution >= 0.6 is 0 Å². The summed E-state index contributed by atoms with van der Waals surface area (Å²) in [5.41, 5.74) is 0.450. The Kier molecular flexibility index (Phi) is 2.94. The standard InChI is InChI=1S/C14H15N3O3/c1-14(2,18)11-5-6-17(16-11)12-4-3-10(9-15-12)13-19-7-8-20-13/h3-9,13,18H,1-2H3. The van der Waals surface area contributed by atoms with Crippen molar-refractivity contribution in [2.75, 3.05) is 0 Å². The van der Waals surface area contributed by atoms with Gasteiger partial charge in [-0.25, -0.2) is 9.67 Å². The molecule has 0 saturated carbocycles. The summed E-state index contributed by atoms with van der Waals surface area (Å²) in [6.07, 6.45) is 6.02. The summed E-state index contributed by atoms with van der Waals surface area (Å²) in [5.74, 6) is 0.662. The Balaban J connectivity index is 1.82. The van der Waals surface area contributed by atoms with Crippen molar-refractivity contribution in [3.63, 3.8) is 0 Å². The normalized spacial score (nSPS) is 15.2. The number of hydrogen-bond donors (Lipinski definition) is 1. The lowest BCUT2D eigenvalue weighted by Gasteiger charge is -2.13. The first-order valence-electron chi connectivity index (χ1n) is 6.25. The number of rotatable bonds is 3. The molecule has 0 atom stereocenters. The summed E-state index contributed by atoms with van der Waals surface area (Å²) in [5, 5.41) is 14.2. The third kappa shape index (κ3) is 2.37. The quantitative estimate of drug-likeness (QED) is 0.926. The molecule has 6 nitrogen and oxygen atoms in total. The van der Waals surface area contributed by atoms with Crippen LogP contribution in [0.15, 0.2) is 43.1 Å². The van der Waals surface area contributed by atoms with E-state index in [0.717, 1.165) is 5.56 Å². The molecule has 2 aromatic rings. The van der Waals surface area contributed by atoms with Crippen molar-refractivity contribution in [3.05, 3.63) is 54.4 Å². The molecule has 0 saturated heterocycles. The predicted molar refractivity (Wildman–Crippen MR) is 70.7 cm³/mol. The van der Waals surface area contributed by atoms with Gasteiger partial charge in [-0.2, -0.15) is 5.10 Å². The summed E-state index contributed by atoms with van der Waals surface area (Å²) >= 11 is 0. The molecular weight excluding hydrogens is 258 g/mol. The SMILES string of the molecule is CC(C)(O)c1ccn(-c2ccc(C3OC=CO3)cn2)n1. The van der Waals surface area contributed by atoms with E-state index in [1.165, 1.54) is 12.5 Å². The maximum Gasteiger partial charge on any atom is 0.267 e. The average molecular weight is 273 g/mol. The molecule has 6 heteroatoms. The monoisotopic (exact) mass is 273 g/mol. The van der Waals surface area contributed by atoms with E-state index in [4.69, 9.17) is 9.47 Å². The van der Waals surface area contributed by atoms with E-state index >= 15 is 0 Å². The molecule has 1 aliphatic heterocycles. The zero-order valence-corrected chi connectivity index (χ0v) is 11.2. The Bertz CT molecular complexity index is 618. The van der Waals surface area contributed by atoms with Crippen molar-refractivity contribution in [2.45, 2.75) is 25.7 Å². The van der Waals surface area contributed by atoms with Crippen molar-refractivity contribution in [2.24, 2.45) is 0 Å². The fourth-order valence-corrected chi connectivity index (χ4v) is 1.85. The van der Waals surface area contributed by atoms with Crippen LogP contribution in [0.2, 0.25) is 0 Å². The van der Waals surface area contributed by atoms with Gasteiger partial charge in [0, 0.05) is 12.4 Å². The van der Waals surface area contributed by atoms with Gasteiger partial charge in [0.1, 0.15) is 18.1 Å². The Labute approximate surface area is 116 Å². The summed E-state index contributed by atoms with van der Waals surface area (Å²) < 4.78 is 12.1. The fourth-order valence-electron chi connectivity index (χ4n) is 1.85. The van der Waals surface area contributed by atoms with E-state index in [1.807, 2.05) is 12.1 Å². The third-order valence-electron chi connectivity index (χ3n) is 2.95. The molecule has 0 aromatic carbocycles. The lowest BCUT2D eigenvalue weighted by Crippen LogP contribution is -2.16. The number of ether oxygens (including phenoxy) is 2. The van der Waals surface area contributed by atoms with Crippen molar-refractivity contribution in [1.82, 2.24) is 14.8 Å². The number of aliphatic hydroxyl groups is 1. The first-order chi connectivity index (χ1) is 9.54. The van der Waals surface area contributed by atoms with Crippen LogP contribution in [0.1, 0.15) is 31.4 Å². The number of nitrogens with zero attached hydrogens (tertiary/aromatic N) is 3. The fraction of sp³-hybridized carbons (Fsp3) is 0.286. The highest BCUT2D eigenvalue weighted by molar-refractivity contribution is 5.26. The minimum absolute atomic E-state index is 0.430. The Morgan fingerprint density at radius 3 is 2.50 bits per heavy atom. The number of pyridine rings is 1. The molecule has 3 heterocycles. The van der Waals surface area contributed by atoms with Gasteiger partial charge >= 0.3 is 0 Å². The van der Waals surface area contributed by atoms with Crippen molar-refractivity contribution >= 4 is 0 Å². The molecule has 1 aliphatic rings. The Hall–Kier alpha value is -2.34. The molecular formula is C14H15N3O3. The molecule has 3 rings (SSSR count). The molecule has 0 bridgehead atoms. The second-order valence-electron chi connectivity index (χ2n) is 5.03. The van der Waals surface area contributed by atoms with Crippen LogP contribution in [-0.4, -0.2) is 19.9 Å². The van der Waals surface area contributed by atoms with E-state index in [2.05, 4.69) is 10.1 Å². The smallest absolute Gasteiger partial charge is 0.267 e. The first kappa shape index (κ1) is 12.7. The van der Waals surface area contributed by atoms with Gasteiger partial charge in [-0.1, -0.05) is 0 Å². The van der Waals surface area contributed by atoms with Crippen LogP contribution in [0.5, 0.6) is 0 Å². The largest absolute Gasteiger partial charge is 0.455 e. The van der Waals surface area contributed by atoms with Gasteiger partial charge in [0.2, 0.25) is 0 Å². The lowest BCUT2D eigenvalue weighted by atomic mass is 10.1. The van der Waals surface area contributed by atoms with Gasteiger partial charge in [0.15, 0.2) is 5.82 Å². The number of hydrogen-bond acceptors (Lipinski definition) is 5. The van der Waals surface area contributed by atoms with Crippen LogP contribution in [0, 0.1) is 0 Å². The molecule has 0 spiro atoms. The maximum atomic E-state index is 9.90. The molecule has 2 aromatic heterocycles. The molecule has 0 fully saturated rings. The minimum Gasteiger partial charge on any atom is -0.455 e. The van der Waals surface area contributed by atoms with Crippen LogP contribution in [-0.2, 0) is 15.1 Å². The molecule has 20 heavy (non-hydrogen) atoms. The summed E-state index contributed by atoms with van der Waals surface area (Å²) in [7, 11) is 0. The van der Waals surface area contributed by atoms with E-state index < -0.39 is 11.9 Å². The van der Waals surface area contributed by atoms with Crippen LogP contribution in [0.25, 0.3) is 5.82 Å². The van der Waals surface area contributed by atoms with Gasteiger partial charge in [-0.3, -0.25) is 0 Å². The lowest BCUT2D eigenvalue weighted by molar-refractivity contribution is -0.0248. The topological polar surface area (TPSA) is 69.4 Å². The van der Waals surface area contributed by atoms with Crippen molar-refractivity contribution in [3.8, 4) is 5.82 Å². The Morgan fingerprint density at radius 1 is 1.20 bits per heavy atom. The van der Waals surface area contributed by atoms with Crippen molar-refractivity contribution in [1.29, 1.82) is 0 Å². The summed E-state index contributed by atoms with van der Waals surface area (Å²) in [6, 6.07) is 5.45. The van der Waals surface area contributed by atoms with Gasteiger partial charge in [0.25, 0.3) is 6.29 Å². The van der Waals surface area contributed by atoms with Gasteiger partial charge in [-0.15, -0.1) is 0 Å². The molecule has 0 radical (unpaired) electrons. The predicted octanol–water partition coefficient (Wildman–Crippen LogP) is 2.01. The van der Waals surface area contributed by atoms with E-state index in [-0.39, 0.29) is 0 Å². The summed E-state index contributed by atoms with van der Waals surface area (Å²) in [4.78, 5) is 4.32. The van der Waals surface area contributed by atoms with Gasteiger partial charge in [-0.05, 0) is 32.0 Å². The molecule has 0 aliphatic carbocycles. The second-order valence-corrected chi connectivity index (χ2v) is 5.03. The molecule has 1 N–H and O–H groups in total. The second kappa shape index (κ2) is 4.64.